The average Bonchev–Trinajstić information content (AvgIpc) is 2.04. The van der Waals surface area contributed by atoms with Crippen LogP contribution in [-0.4, -0.2) is 19.2 Å². The molecule has 0 aromatic heterocycles. The van der Waals surface area contributed by atoms with E-state index in [4.69, 9.17) is 4.74 Å². The van der Waals surface area contributed by atoms with Gasteiger partial charge in [-0.2, -0.15) is 0 Å². The zero-order valence-electron chi connectivity index (χ0n) is 8.50. The summed E-state index contributed by atoms with van der Waals surface area (Å²) >= 11 is 0. The van der Waals surface area contributed by atoms with Crippen LogP contribution in [0.25, 0.3) is 0 Å². The molecule has 0 aliphatic heterocycles. The Labute approximate surface area is 79.9 Å². The normalized spacial score (nSPS) is 11.3. The number of para-hydroxylation sites is 1. The van der Waals surface area contributed by atoms with Gasteiger partial charge in [-0.1, -0.05) is 18.2 Å². The third-order valence-electron chi connectivity index (χ3n) is 1.74. The van der Waals surface area contributed by atoms with Gasteiger partial charge in [0.25, 0.3) is 0 Å². The Morgan fingerprint density at radius 2 is 1.85 bits per heavy atom. The highest BCUT2D eigenvalue weighted by atomic mass is 16.5. The van der Waals surface area contributed by atoms with Gasteiger partial charge in [0.2, 0.25) is 0 Å². The number of benzene rings is 1. The third kappa shape index (κ3) is 3.47. The molecular formula is C11H17NO. The minimum atomic E-state index is -0.157. The standard InChI is InChI=1S/C11H17NO/c1-11(2,9-12-3)13-10-7-5-4-6-8-10/h4-8,12H,9H2,1-3H3. The van der Waals surface area contributed by atoms with Crippen molar-refractivity contribution in [3.63, 3.8) is 0 Å². The van der Waals surface area contributed by atoms with Crippen LogP contribution in [0.1, 0.15) is 13.8 Å². The molecule has 0 atom stereocenters. The van der Waals surface area contributed by atoms with E-state index in [1.54, 1.807) is 0 Å². The van der Waals surface area contributed by atoms with Crippen LogP contribution in [0.5, 0.6) is 5.75 Å². The molecule has 1 aromatic rings. The second kappa shape index (κ2) is 4.28. The Hall–Kier alpha value is -1.02. The zero-order chi connectivity index (χ0) is 9.73. The molecular weight excluding hydrogens is 162 g/mol. The maximum absolute atomic E-state index is 5.78. The van der Waals surface area contributed by atoms with Gasteiger partial charge >= 0.3 is 0 Å². The van der Waals surface area contributed by atoms with Crippen molar-refractivity contribution in [1.82, 2.24) is 5.32 Å². The van der Waals surface area contributed by atoms with Crippen LogP contribution in [-0.2, 0) is 0 Å². The minimum Gasteiger partial charge on any atom is -0.487 e. The first kappa shape index (κ1) is 10.1. The lowest BCUT2D eigenvalue weighted by Crippen LogP contribution is -2.38. The number of nitrogens with one attached hydrogen (secondary N) is 1. The van der Waals surface area contributed by atoms with Gasteiger partial charge < -0.3 is 10.1 Å². The van der Waals surface area contributed by atoms with Gasteiger partial charge in [0.1, 0.15) is 11.4 Å². The monoisotopic (exact) mass is 179 g/mol. The van der Waals surface area contributed by atoms with Crippen LogP contribution < -0.4 is 10.1 Å². The fourth-order valence-electron chi connectivity index (χ4n) is 1.27. The maximum atomic E-state index is 5.78. The lowest BCUT2D eigenvalue weighted by Gasteiger charge is -2.26. The molecule has 0 unspecified atom stereocenters. The maximum Gasteiger partial charge on any atom is 0.120 e. The van der Waals surface area contributed by atoms with E-state index in [0.717, 1.165) is 12.3 Å². The quantitative estimate of drug-likeness (QED) is 0.764. The van der Waals surface area contributed by atoms with Crippen molar-refractivity contribution in [3.05, 3.63) is 30.3 Å². The van der Waals surface area contributed by atoms with Gasteiger partial charge in [0.05, 0.1) is 0 Å². The van der Waals surface area contributed by atoms with Gasteiger partial charge in [0, 0.05) is 6.54 Å². The van der Waals surface area contributed by atoms with E-state index in [2.05, 4.69) is 19.2 Å². The Bertz CT molecular complexity index is 244. The Balaban J connectivity index is 2.58. The van der Waals surface area contributed by atoms with E-state index >= 15 is 0 Å². The molecule has 1 aromatic carbocycles. The number of ether oxygens (including phenoxy) is 1. The second-order valence-corrected chi connectivity index (χ2v) is 3.71. The van der Waals surface area contributed by atoms with Crippen LogP contribution in [0.15, 0.2) is 30.3 Å². The molecule has 0 fully saturated rings. The van der Waals surface area contributed by atoms with Crippen molar-refractivity contribution >= 4 is 0 Å². The summed E-state index contributed by atoms with van der Waals surface area (Å²) in [5, 5.41) is 3.10. The Morgan fingerprint density at radius 3 is 2.38 bits per heavy atom. The highest BCUT2D eigenvalue weighted by Gasteiger charge is 2.17. The van der Waals surface area contributed by atoms with Crippen LogP contribution in [0.3, 0.4) is 0 Å². The van der Waals surface area contributed by atoms with Gasteiger partial charge in [-0.05, 0) is 33.0 Å². The van der Waals surface area contributed by atoms with E-state index in [-0.39, 0.29) is 5.60 Å². The summed E-state index contributed by atoms with van der Waals surface area (Å²) in [5.41, 5.74) is -0.157. The molecule has 2 heteroatoms. The van der Waals surface area contributed by atoms with E-state index in [9.17, 15) is 0 Å². The molecule has 0 spiro atoms. The first-order valence-electron chi connectivity index (χ1n) is 4.53. The van der Waals surface area contributed by atoms with Crippen LogP contribution in [0.2, 0.25) is 0 Å². The second-order valence-electron chi connectivity index (χ2n) is 3.71. The number of hydrogen-bond donors (Lipinski definition) is 1. The first-order valence-corrected chi connectivity index (χ1v) is 4.53. The lowest BCUT2D eigenvalue weighted by atomic mass is 10.1. The highest BCUT2D eigenvalue weighted by molar-refractivity contribution is 5.21. The summed E-state index contributed by atoms with van der Waals surface area (Å²) in [4.78, 5) is 0. The number of rotatable bonds is 4. The summed E-state index contributed by atoms with van der Waals surface area (Å²) in [6.07, 6.45) is 0. The predicted octanol–water partition coefficient (Wildman–Crippen LogP) is 2.06. The molecule has 0 saturated carbocycles. The van der Waals surface area contributed by atoms with Gasteiger partial charge in [-0.25, -0.2) is 0 Å². The first-order chi connectivity index (χ1) is 6.14. The van der Waals surface area contributed by atoms with Gasteiger partial charge in [0.15, 0.2) is 0 Å². The van der Waals surface area contributed by atoms with Crippen molar-refractivity contribution in [2.75, 3.05) is 13.6 Å². The van der Waals surface area contributed by atoms with E-state index in [1.165, 1.54) is 0 Å². The molecule has 0 radical (unpaired) electrons. The zero-order valence-corrected chi connectivity index (χ0v) is 8.50. The van der Waals surface area contributed by atoms with Gasteiger partial charge in [-0.3, -0.25) is 0 Å². The molecule has 1 rings (SSSR count). The molecule has 0 aliphatic carbocycles. The summed E-state index contributed by atoms with van der Waals surface area (Å²) in [6.45, 7) is 4.97. The number of likely N-dealkylation sites (N-methyl/N-ethyl adjacent to an activating group) is 1. The molecule has 0 aliphatic rings. The van der Waals surface area contributed by atoms with Crippen molar-refractivity contribution in [2.45, 2.75) is 19.4 Å². The third-order valence-corrected chi connectivity index (χ3v) is 1.74. The molecule has 0 heterocycles. The van der Waals surface area contributed by atoms with E-state index in [0.29, 0.717) is 0 Å². The highest BCUT2D eigenvalue weighted by Crippen LogP contribution is 2.16. The van der Waals surface area contributed by atoms with Crippen molar-refractivity contribution in [1.29, 1.82) is 0 Å². The smallest absolute Gasteiger partial charge is 0.120 e. The average molecular weight is 179 g/mol. The van der Waals surface area contributed by atoms with Crippen LogP contribution in [0.4, 0.5) is 0 Å². The SMILES string of the molecule is CNCC(C)(C)Oc1ccccc1. The van der Waals surface area contributed by atoms with Crippen LogP contribution >= 0.6 is 0 Å². The Morgan fingerprint density at radius 1 is 1.23 bits per heavy atom. The number of hydrogen-bond acceptors (Lipinski definition) is 2. The molecule has 0 amide bonds. The minimum absolute atomic E-state index is 0.157. The summed E-state index contributed by atoms with van der Waals surface area (Å²) in [5.74, 6) is 0.919. The summed E-state index contributed by atoms with van der Waals surface area (Å²) < 4.78 is 5.78. The Kier molecular flexibility index (Phi) is 3.32. The molecule has 13 heavy (non-hydrogen) atoms. The van der Waals surface area contributed by atoms with Crippen LogP contribution in [0, 0.1) is 0 Å². The largest absolute Gasteiger partial charge is 0.487 e. The van der Waals surface area contributed by atoms with E-state index < -0.39 is 0 Å². The fraction of sp³-hybridized carbons (Fsp3) is 0.455. The summed E-state index contributed by atoms with van der Waals surface area (Å²) in [7, 11) is 1.93. The molecule has 0 bridgehead atoms. The van der Waals surface area contributed by atoms with Crippen molar-refractivity contribution in [3.8, 4) is 5.75 Å². The molecule has 2 nitrogen and oxygen atoms in total. The lowest BCUT2D eigenvalue weighted by molar-refractivity contribution is 0.110. The van der Waals surface area contributed by atoms with Crippen molar-refractivity contribution < 1.29 is 4.74 Å². The predicted molar refractivity (Wildman–Crippen MR) is 55.1 cm³/mol. The molecule has 72 valence electrons. The van der Waals surface area contributed by atoms with E-state index in [1.807, 2.05) is 37.4 Å². The molecule has 0 saturated heterocycles. The fourth-order valence-corrected chi connectivity index (χ4v) is 1.27. The topological polar surface area (TPSA) is 21.3 Å². The van der Waals surface area contributed by atoms with Gasteiger partial charge in [-0.15, -0.1) is 0 Å². The molecule has 1 N–H and O–H groups in total. The summed E-state index contributed by atoms with van der Waals surface area (Å²) in [6, 6.07) is 9.88. The van der Waals surface area contributed by atoms with Crippen molar-refractivity contribution in [2.24, 2.45) is 0 Å².